The summed E-state index contributed by atoms with van der Waals surface area (Å²) in [7, 11) is 3.62. The highest BCUT2D eigenvalue weighted by molar-refractivity contribution is 7.82. The molecule has 2 heteroatoms. The first kappa shape index (κ1) is 23.2. The number of benzene rings is 4. The van der Waals surface area contributed by atoms with Crippen LogP contribution in [0.15, 0.2) is 115 Å². The molecule has 0 spiro atoms. The molecular formula is C31H32NP. The molecule has 0 aliphatic rings. The Morgan fingerprint density at radius 2 is 1.27 bits per heavy atom. The van der Waals surface area contributed by atoms with Crippen LogP contribution in [0.3, 0.4) is 0 Å². The number of hydrogen-bond donors (Lipinski definition) is 0. The minimum absolute atomic E-state index is 0.420. The Balaban J connectivity index is 1.89. The summed E-state index contributed by atoms with van der Waals surface area (Å²) in [5, 5.41) is 4.10. The Bertz CT molecular complexity index is 1130. The van der Waals surface area contributed by atoms with Crippen molar-refractivity contribution in [2.45, 2.75) is 19.4 Å². The van der Waals surface area contributed by atoms with E-state index in [0.29, 0.717) is 6.04 Å². The highest BCUT2D eigenvalue weighted by atomic mass is 31.1. The van der Waals surface area contributed by atoms with Crippen molar-refractivity contribution in [3.05, 3.63) is 132 Å². The average Bonchev–Trinajstić information content (AvgIpc) is 2.86. The molecule has 166 valence electrons. The summed E-state index contributed by atoms with van der Waals surface area (Å²) in [5.74, 6) is 0. The molecule has 4 rings (SSSR count). The molecule has 0 bridgehead atoms. The lowest BCUT2D eigenvalue weighted by Gasteiger charge is -2.25. The molecule has 0 aromatic heterocycles. The number of nitrogens with zero attached hydrogens (tertiary/aromatic N) is 1. The molecule has 0 N–H and O–H groups in total. The van der Waals surface area contributed by atoms with Gasteiger partial charge >= 0.3 is 0 Å². The topological polar surface area (TPSA) is 3.24 Å². The largest absolute Gasteiger partial charge is 0.302 e. The van der Waals surface area contributed by atoms with Crippen molar-refractivity contribution in [1.82, 2.24) is 4.90 Å². The Morgan fingerprint density at radius 1 is 0.727 bits per heavy atom. The van der Waals surface area contributed by atoms with Crippen molar-refractivity contribution in [1.29, 1.82) is 0 Å². The second-order valence-electron chi connectivity index (χ2n) is 8.46. The molecule has 0 saturated carbocycles. The molecule has 0 saturated heterocycles. The van der Waals surface area contributed by atoms with E-state index >= 15 is 0 Å². The molecule has 4 aromatic rings. The van der Waals surface area contributed by atoms with Crippen molar-refractivity contribution in [2.75, 3.05) is 14.1 Å². The van der Waals surface area contributed by atoms with E-state index in [4.69, 9.17) is 0 Å². The van der Waals surface area contributed by atoms with Crippen LogP contribution in [0.25, 0.3) is 11.4 Å². The zero-order valence-electron chi connectivity index (χ0n) is 19.7. The molecule has 1 nitrogen and oxygen atoms in total. The van der Waals surface area contributed by atoms with Gasteiger partial charge in [0.1, 0.15) is 0 Å². The minimum atomic E-state index is -0.705. The predicted octanol–water partition coefficient (Wildman–Crippen LogP) is 7.33. The van der Waals surface area contributed by atoms with Gasteiger partial charge in [0.2, 0.25) is 0 Å². The second-order valence-corrected chi connectivity index (χ2v) is 10.6. The van der Waals surface area contributed by atoms with Crippen LogP contribution >= 0.6 is 7.92 Å². The van der Waals surface area contributed by atoms with E-state index in [0.717, 1.165) is 6.42 Å². The lowest BCUT2D eigenvalue weighted by atomic mass is 10.0. The smallest absolute Gasteiger partial charge is 0.0339 e. The van der Waals surface area contributed by atoms with Crippen LogP contribution in [0.2, 0.25) is 0 Å². The van der Waals surface area contributed by atoms with Gasteiger partial charge in [0.15, 0.2) is 0 Å². The van der Waals surface area contributed by atoms with Crippen molar-refractivity contribution >= 4 is 29.9 Å². The molecule has 4 aromatic carbocycles. The molecule has 0 radical (unpaired) electrons. The number of rotatable bonds is 8. The Hall–Kier alpha value is -2.99. The van der Waals surface area contributed by atoms with E-state index in [-0.39, 0.29) is 0 Å². The fourth-order valence-electron chi connectivity index (χ4n) is 4.38. The van der Waals surface area contributed by atoms with Crippen molar-refractivity contribution in [3.8, 4) is 0 Å². The Labute approximate surface area is 200 Å². The van der Waals surface area contributed by atoms with Crippen LogP contribution in [-0.2, 0) is 0 Å². The lowest BCUT2D eigenvalue weighted by molar-refractivity contribution is 0.292. The quantitative estimate of drug-likeness (QED) is 0.201. The summed E-state index contributed by atoms with van der Waals surface area (Å²) < 4.78 is 0. The molecule has 0 unspecified atom stereocenters. The second kappa shape index (κ2) is 11.2. The highest BCUT2D eigenvalue weighted by Gasteiger charge is 2.20. The average molecular weight is 450 g/mol. The van der Waals surface area contributed by atoms with E-state index in [9.17, 15) is 0 Å². The van der Waals surface area contributed by atoms with Crippen LogP contribution in [0, 0.1) is 0 Å². The zero-order chi connectivity index (χ0) is 23.0. The SMILES string of the molecule is CC[C@@H](c1cccc(/C=C(\c2ccccc2)P(c2ccccc2)c2ccccc2)c1)N(C)C. The van der Waals surface area contributed by atoms with Crippen LogP contribution in [-0.4, -0.2) is 19.0 Å². The summed E-state index contributed by atoms with van der Waals surface area (Å²) in [6.07, 6.45) is 3.50. The van der Waals surface area contributed by atoms with E-state index in [1.807, 2.05) is 0 Å². The first-order valence-electron chi connectivity index (χ1n) is 11.6. The van der Waals surface area contributed by atoms with Gasteiger partial charge in [0.25, 0.3) is 0 Å². The fraction of sp³-hybridized carbons (Fsp3) is 0.161. The maximum absolute atomic E-state index is 2.41. The summed E-state index contributed by atoms with van der Waals surface area (Å²) in [6, 6.07) is 42.2. The van der Waals surface area contributed by atoms with Gasteiger partial charge in [-0.1, -0.05) is 122 Å². The maximum Gasteiger partial charge on any atom is 0.0339 e. The predicted molar refractivity (Wildman–Crippen MR) is 147 cm³/mol. The summed E-state index contributed by atoms with van der Waals surface area (Å²) in [4.78, 5) is 2.31. The third-order valence-electron chi connectivity index (χ3n) is 5.95. The zero-order valence-corrected chi connectivity index (χ0v) is 20.6. The molecule has 0 aliphatic heterocycles. The standard InChI is InChI=1S/C31H32NP/c1-4-30(32(2)3)27-18-14-15-25(23-27)24-31(26-16-8-5-9-17-26)33(28-19-10-6-11-20-28)29-21-12-7-13-22-29/h5-24,30H,4H2,1-3H3/b31-24+/t30-/m0/s1. The first-order valence-corrected chi connectivity index (χ1v) is 12.9. The van der Waals surface area contributed by atoms with Gasteiger partial charge in [-0.25, -0.2) is 0 Å². The summed E-state index contributed by atoms with van der Waals surface area (Å²) in [5.41, 5.74) is 3.90. The minimum Gasteiger partial charge on any atom is -0.302 e. The van der Waals surface area contributed by atoms with Crippen LogP contribution in [0.5, 0.6) is 0 Å². The van der Waals surface area contributed by atoms with Crippen molar-refractivity contribution in [3.63, 3.8) is 0 Å². The van der Waals surface area contributed by atoms with Gasteiger partial charge in [-0.3, -0.25) is 0 Å². The van der Waals surface area contributed by atoms with Crippen LogP contribution in [0.4, 0.5) is 0 Å². The third kappa shape index (κ3) is 5.69. The number of hydrogen-bond acceptors (Lipinski definition) is 1. The van der Waals surface area contributed by atoms with E-state index < -0.39 is 7.92 Å². The van der Waals surface area contributed by atoms with Crippen molar-refractivity contribution in [2.24, 2.45) is 0 Å². The lowest BCUT2D eigenvalue weighted by Crippen LogP contribution is -2.19. The molecule has 0 fully saturated rings. The molecular weight excluding hydrogens is 417 g/mol. The van der Waals surface area contributed by atoms with E-state index in [2.05, 4.69) is 147 Å². The molecule has 0 aliphatic carbocycles. The summed E-state index contributed by atoms with van der Waals surface area (Å²) in [6.45, 7) is 2.26. The van der Waals surface area contributed by atoms with Gasteiger partial charge in [-0.2, -0.15) is 0 Å². The first-order chi connectivity index (χ1) is 16.2. The third-order valence-corrected chi connectivity index (χ3v) is 8.45. The fourth-order valence-corrected chi connectivity index (χ4v) is 6.86. The Morgan fingerprint density at radius 3 is 1.79 bits per heavy atom. The van der Waals surface area contributed by atoms with Gasteiger partial charge in [-0.15, -0.1) is 0 Å². The highest BCUT2D eigenvalue weighted by Crippen LogP contribution is 2.49. The molecule has 1 atom stereocenters. The monoisotopic (exact) mass is 449 g/mol. The van der Waals surface area contributed by atoms with Gasteiger partial charge in [0.05, 0.1) is 0 Å². The van der Waals surface area contributed by atoms with E-state index in [1.54, 1.807) is 0 Å². The maximum atomic E-state index is 2.41. The van der Waals surface area contributed by atoms with Crippen LogP contribution < -0.4 is 10.6 Å². The van der Waals surface area contributed by atoms with Gasteiger partial charge < -0.3 is 4.90 Å². The summed E-state index contributed by atoms with van der Waals surface area (Å²) >= 11 is 0. The molecule has 0 heterocycles. The molecule has 0 amide bonds. The van der Waals surface area contributed by atoms with Crippen LogP contribution in [0.1, 0.15) is 36.1 Å². The van der Waals surface area contributed by atoms with Crippen molar-refractivity contribution < 1.29 is 0 Å². The Kier molecular flexibility index (Phi) is 7.89. The van der Waals surface area contributed by atoms with E-state index in [1.165, 1.54) is 32.6 Å². The van der Waals surface area contributed by atoms with Gasteiger partial charge in [-0.05, 0) is 67.1 Å². The van der Waals surface area contributed by atoms with Gasteiger partial charge in [0, 0.05) is 6.04 Å². The molecule has 33 heavy (non-hydrogen) atoms. The normalized spacial score (nSPS) is 12.8.